The van der Waals surface area contributed by atoms with Crippen molar-refractivity contribution in [2.75, 3.05) is 6.54 Å². The van der Waals surface area contributed by atoms with Crippen LogP contribution in [0.1, 0.15) is 48.9 Å². The van der Waals surface area contributed by atoms with Crippen molar-refractivity contribution in [3.63, 3.8) is 0 Å². The minimum atomic E-state index is 0.00924. The lowest BCUT2D eigenvalue weighted by atomic mass is 9.99. The van der Waals surface area contributed by atoms with Gasteiger partial charge >= 0.3 is 0 Å². The van der Waals surface area contributed by atoms with E-state index >= 15 is 0 Å². The van der Waals surface area contributed by atoms with E-state index in [1.165, 1.54) is 6.42 Å². The summed E-state index contributed by atoms with van der Waals surface area (Å²) in [5.74, 6) is 1.13. The molecule has 0 bridgehead atoms. The van der Waals surface area contributed by atoms with E-state index in [1.807, 2.05) is 42.2 Å². The van der Waals surface area contributed by atoms with Crippen LogP contribution in [0.5, 0.6) is 0 Å². The van der Waals surface area contributed by atoms with Crippen molar-refractivity contribution in [2.24, 2.45) is 0 Å². The van der Waals surface area contributed by atoms with E-state index in [0.717, 1.165) is 31.4 Å². The van der Waals surface area contributed by atoms with Crippen molar-refractivity contribution >= 4 is 5.91 Å². The molecular weight excluding hydrogens is 276 g/mol. The minimum absolute atomic E-state index is 0.00924. The molecule has 1 aliphatic heterocycles. The Morgan fingerprint density at radius 2 is 2.09 bits per heavy atom. The Kier molecular flexibility index (Phi) is 4.27. The molecule has 0 saturated carbocycles. The molecule has 1 aromatic carbocycles. The van der Waals surface area contributed by atoms with E-state index < -0.39 is 0 Å². The number of aromatic nitrogens is 1. The van der Waals surface area contributed by atoms with Crippen molar-refractivity contribution in [2.45, 2.75) is 45.6 Å². The molecule has 0 aliphatic carbocycles. The summed E-state index contributed by atoms with van der Waals surface area (Å²) in [5, 5.41) is 0. The van der Waals surface area contributed by atoms with Crippen LogP contribution in [0.3, 0.4) is 0 Å². The third-order valence-electron chi connectivity index (χ3n) is 4.38. The lowest BCUT2D eigenvalue weighted by molar-refractivity contribution is 0.0601. The molecule has 3 rings (SSSR count). The molecule has 1 atom stereocenters. The van der Waals surface area contributed by atoms with E-state index in [1.54, 1.807) is 0 Å². The van der Waals surface area contributed by atoms with Gasteiger partial charge in [-0.1, -0.05) is 25.1 Å². The fourth-order valence-electron chi connectivity index (χ4n) is 3.13. The molecule has 116 valence electrons. The van der Waals surface area contributed by atoms with Crippen LogP contribution >= 0.6 is 0 Å². The largest absolute Gasteiger partial charge is 0.441 e. The molecule has 1 saturated heterocycles. The van der Waals surface area contributed by atoms with Gasteiger partial charge in [0.1, 0.15) is 5.76 Å². The number of carbonyl (C=O) groups is 1. The molecule has 1 aromatic heterocycles. The number of aryl methyl sites for hydroxylation is 1. The van der Waals surface area contributed by atoms with E-state index in [-0.39, 0.29) is 5.91 Å². The molecule has 4 heteroatoms. The Bertz CT molecular complexity index is 648. The molecule has 4 nitrogen and oxygen atoms in total. The van der Waals surface area contributed by atoms with Gasteiger partial charge in [-0.3, -0.25) is 4.79 Å². The summed E-state index contributed by atoms with van der Waals surface area (Å²) in [4.78, 5) is 19.3. The first-order valence-electron chi connectivity index (χ1n) is 8.04. The van der Waals surface area contributed by atoms with Gasteiger partial charge in [0.15, 0.2) is 5.69 Å². The highest BCUT2D eigenvalue weighted by Crippen LogP contribution is 2.26. The smallest absolute Gasteiger partial charge is 0.276 e. The van der Waals surface area contributed by atoms with E-state index in [2.05, 4.69) is 11.9 Å². The number of amides is 1. The number of nitrogens with zero attached hydrogens (tertiary/aromatic N) is 2. The third-order valence-corrected chi connectivity index (χ3v) is 4.38. The summed E-state index contributed by atoms with van der Waals surface area (Å²) >= 11 is 0. The number of carbonyl (C=O) groups excluding carboxylic acids is 1. The van der Waals surface area contributed by atoms with Gasteiger partial charge in [-0.05, 0) is 44.7 Å². The Balaban J connectivity index is 1.88. The summed E-state index contributed by atoms with van der Waals surface area (Å²) in [7, 11) is 0. The van der Waals surface area contributed by atoms with E-state index in [0.29, 0.717) is 23.4 Å². The average Bonchev–Trinajstić information content (AvgIpc) is 2.97. The van der Waals surface area contributed by atoms with Crippen LogP contribution in [0.4, 0.5) is 0 Å². The van der Waals surface area contributed by atoms with Crippen molar-refractivity contribution < 1.29 is 9.21 Å². The lowest BCUT2D eigenvalue weighted by Crippen LogP contribution is -2.43. The Hall–Kier alpha value is -2.10. The van der Waals surface area contributed by atoms with Crippen molar-refractivity contribution in [3.8, 4) is 11.5 Å². The number of hydrogen-bond donors (Lipinski definition) is 0. The molecule has 2 heterocycles. The van der Waals surface area contributed by atoms with Crippen molar-refractivity contribution in [3.05, 3.63) is 41.8 Å². The second-order valence-electron chi connectivity index (χ2n) is 5.85. The third kappa shape index (κ3) is 2.78. The summed E-state index contributed by atoms with van der Waals surface area (Å²) in [6.07, 6.45) is 4.36. The maximum Gasteiger partial charge on any atom is 0.276 e. The van der Waals surface area contributed by atoms with Gasteiger partial charge in [-0.25, -0.2) is 4.98 Å². The molecule has 0 N–H and O–H groups in total. The van der Waals surface area contributed by atoms with Crippen molar-refractivity contribution in [1.29, 1.82) is 0 Å². The normalized spacial score (nSPS) is 18.5. The molecule has 2 aromatic rings. The number of hydrogen-bond acceptors (Lipinski definition) is 3. The zero-order valence-corrected chi connectivity index (χ0v) is 13.2. The Labute approximate surface area is 131 Å². The zero-order chi connectivity index (χ0) is 15.5. The topological polar surface area (TPSA) is 46.3 Å². The van der Waals surface area contributed by atoms with Crippen LogP contribution in [0.2, 0.25) is 0 Å². The van der Waals surface area contributed by atoms with Gasteiger partial charge in [0.05, 0.1) is 0 Å². The second-order valence-corrected chi connectivity index (χ2v) is 5.85. The summed E-state index contributed by atoms with van der Waals surface area (Å²) in [6, 6.07) is 10.0. The summed E-state index contributed by atoms with van der Waals surface area (Å²) < 4.78 is 5.72. The van der Waals surface area contributed by atoms with Crippen LogP contribution in [0.15, 0.2) is 34.7 Å². The van der Waals surface area contributed by atoms with Crippen molar-refractivity contribution in [1.82, 2.24) is 9.88 Å². The zero-order valence-electron chi connectivity index (χ0n) is 13.2. The number of piperidine rings is 1. The van der Waals surface area contributed by atoms with Crippen LogP contribution in [-0.2, 0) is 0 Å². The Morgan fingerprint density at radius 3 is 2.82 bits per heavy atom. The molecule has 1 aliphatic rings. The van der Waals surface area contributed by atoms with Crippen LogP contribution in [0.25, 0.3) is 11.5 Å². The highest BCUT2D eigenvalue weighted by atomic mass is 16.4. The van der Waals surface area contributed by atoms with Crippen LogP contribution < -0.4 is 0 Å². The van der Waals surface area contributed by atoms with Gasteiger partial charge in [-0.2, -0.15) is 0 Å². The number of oxazole rings is 1. The van der Waals surface area contributed by atoms with Gasteiger partial charge in [0, 0.05) is 18.2 Å². The lowest BCUT2D eigenvalue weighted by Gasteiger charge is -2.34. The monoisotopic (exact) mass is 298 g/mol. The first-order chi connectivity index (χ1) is 10.7. The highest BCUT2D eigenvalue weighted by Gasteiger charge is 2.29. The maximum absolute atomic E-state index is 12.8. The number of benzene rings is 1. The molecule has 1 fully saturated rings. The maximum atomic E-state index is 12.8. The van der Waals surface area contributed by atoms with Crippen LogP contribution in [0, 0.1) is 6.92 Å². The SMILES string of the molecule is CCC1CCCCN1C(=O)c1nc(-c2ccccc2)oc1C. The van der Waals surface area contributed by atoms with Gasteiger partial charge in [0.25, 0.3) is 5.91 Å². The standard InChI is InChI=1S/C18H22N2O2/c1-3-15-11-7-8-12-20(15)18(21)16-13(2)22-17(19-16)14-9-5-4-6-10-14/h4-6,9-10,15H,3,7-8,11-12H2,1-2H3. The summed E-state index contributed by atoms with van der Waals surface area (Å²) in [6.45, 7) is 4.78. The minimum Gasteiger partial charge on any atom is -0.441 e. The molecular formula is C18H22N2O2. The first-order valence-corrected chi connectivity index (χ1v) is 8.04. The molecule has 1 amide bonds. The fraction of sp³-hybridized carbons (Fsp3) is 0.444. The molecule has 0 spiro atoms. The van der Waals surface area contributed by atoms with E-state index in [9.17, 15) is 4.79 Å². The molecule has 0 radical (unpaired) electrons. The predicted octanol–water partition coefficient (Wildman–Crippen LogP) is 4.05. The second kappa shape index (κ2) is 6.34. The highest BCUT2D eigenvalue weighted by molar-refractivity contribution is 5.94. The molecule has 1 unspecified atom stereocenters. The van der Waals surface area contributed by atoms with Gasteiger partial charge < -0.3 is 9.32 Å². The fourth-order valence-corrected chi connectivity index (χ4v) is 3.13. The number of likely N-dealkylation sites (tertiary alicyclic amines) is 1. The quantitative estimate of drug-likeness (QED) is 0.858. The summed E-state index contributed by atoms with van der Waals surface area (Å²) in [5.41, 5.74) is 1.36. The molecule has 22 heavy (non-hydrogen) atoms. The Morgan fingerprint density at radius 1 is 1.32 bits per heavy atom. The van der Waals surface area contributed by atoms with Gasteiger partial charge in [0.2, 0.25) is 5.89 Å². The predicted molar refractivity (Wildman–Crippen MR) is 85.6 cm³/mol. The van der Waals surface area contributed by atoms with E-state index in [4.69, 9.17) is 4.42 Å². The van der Waals surface area contributed by atoms with Crippen LogP contribution in [-0.4, -0.2) is 28.4 Å². The average molecular weight is 298 g/mol. The first kappa shape index (κ1) is 14.8. The number of rotatable bonds is 3. The van der Waals surface area contributed by atoms with Gasteiger partial charge in [-0.15, -0.1) is 0 Å².